The Morgan fingerprint density at radius 3 is 2.57 bits per heavy atom. The molecule has 5 heteroatoms. The smallest absolute Gasteiger partial charge is 0.344 e. The Kier molecular flexibility index (Phi) is 4.83. The lowest BCUT2D eigenvalue weighted by atomic mass is 9.90. The van der Waals surface area contributed by atoms with E-state index >= 15 is 0 Å². The number of halogens is 1. The van der Waals surface area contributed by atoms with Crippen LogP contribution in [0.5, 0.6) is 5.75 Å². The maximum Gasteiger partial charge on any atom is 0.344 e. The summed E-state index contributed by atoms with van der Waals surface area (Å²) < 4.78 is 10.8. The molecular formula is C16H17BrO4. The maximum atomic E-state index is 12.5. The van der Waals surface area contributed by atoms with Crippen LogP contribution < -0.4 is 4.74 Å². The lowest BCUT2D eigenvalue weighted by molar-refractivity contribution is -0.147. The first-order valence-corrected chi connectivity index (χ1v) is 7.94. The standard InChI is InChI=1S/C16H17BrO4/c1-3-9-16(2)13(12(10-17)14(18)21-16)15(19)20-11-7-5-4-6-8-11/h4-8H,3,9-10H2,1-2H3. The molecule has 0 N–H and O–H groups in total. The van der Waals surface area contributed by atoms with Crippen molar-refractivity contribution < 1.29 is 19.1 Å². The predicted octanol–water partition coefficient (Wildman–Crippen LogP) is 3.40. The monoisotopic (exact) mass is 352 g/mol. The van der Waals surface area contributed by atoms with Gasteiger partial charge in [-0.1, -0.05) is 47.5 Å². The zero-order valence-corrected chi connectivity index (χ0v) is 13.6. The van der Waals surface area contributed by atoms with Gasteiger partial charge in [0.15, 0.2) is 0 Å². The second kappa shape index (κ2) is 6.43. The fourth-order valence-corrected chi connectivity index (χ4v) is 3.01. The average molecular weight is 353 g/mol. The van der Waals surface area contributed by atoms with Crippen molar-refractivity contribution in [3.8, 4) is 5.75 Å². The van der Waals surface area contributed by atoms with Crippen LogP contribution in [0, 0.1) is 0 Å². The molecule has 21 heavy (non-hydrogen) atoms. The van der Waals surface area contributed by atoms with Crippen LogP contribution >= 0.6 is 15.9 Å². The normalized spacial score (nSPS) is 21.4. The van der Waals surface area contributed by atoms with Gasteiger partial charge >= 0.3 is 11.9 Å². The van der Waals surface area contributed by atoms with Crippen molar-refractivity contribution in [3.05, 3.63) is 41.5 Å². The van der Waals surface area contributed by atoms with Crippen LogP contribution in [-0.4, -0.2) is 22.9 Å². The molecule has 4 nitrogen and oxygen atoms in total. The van der Waals surface area contributed by atoms with Gasteiger partial charge in [0.1, 0.15) is 11.4 Å². The molecule has 0 amide bonds. The molecule has 0 bridgehead atoms. The van der Waals surface area contributed by atoms with Crippen LogP contribution in [0.1, 0.15) is 26.7 Å². The molecule has 1 heterocycles. The third-order valence-corrected chi connectivity index (χ3v) is 3.97. The lowest BCUT2D eigenvalue weighted by Gasteiger charge is -2.25. The molecule has 0 fully saturated rings. The van der Waals surface area contributed by atoms with E-state index in [4.69, 9.17) is 9.47 Å². The zero-order chi connectivity index (χ0) is 15.5. The van der Waals surface area contributed by atoms with Crippen molar-refractivity contribution in [1.82, 2.24) is 0 Å². The van der Waals surface area contributed by atoms with Crippen molar-refractivity contribution >= 4 is 27.9 Å². The van der Waals surface area contributed by atoms with E-state index in [0.29, 0.717) is 23.3 Å². The minimum atomic E-state index is -0.916. The summed E-state index contributed by atoms with van der Waals surface area (Å²) in [4.78, 5) is 24.4. The van der Waals surface area contributed by atoms with Crippen LogP contribution in [-0.2, 0) is 14.3 Å². The van der Waals surface area contributed by atoms with Crippen LogP contribution in [0.4, 0.5) is 0 Å². The van der Waals surface area contributed by atoms with Gasteiger partial charge in [-0.15, -0.1) is 0 Å². The first-order chi connectivity index (χ1) is 10.0. The molecule has 1 aromatic rings. The number of carbonyl (C=O) groups excluding carboxylic acids is 2. The molecular weight excluding hydrogens is 336 g/mol. The highest BCUT2D eigenvalue weighted by Crippen LogP contribution is 2.38. The molecule has 1 aliphatic heterocycles. The van der Waals surface area contributed by atoms with Crippen LogP contribution in [0.3, 0.4) is 0 Å². The van der Waals surface area contributed by atoms with Crippen LogP contribution in [0.25, 0.3) is 0 Å². The second-order valence-electron chi connectivity index (χ2n) is 5.06. The summed E-state index contributed by atoms with van der Waals surface area (Å²) in [6.45, 7) is 3.73. The van der Waals surface area contributed by atoms with E-state index in [1.54, 1.807) is 31.2 Å². The Bertz CT molecular complexity index is 579. The number of cyclic esters (lactones) is 1. The third-order valence-electron chi connectivity index (χ3n) is 3.41. The SMILES string of the molecule is CCCC1(C)OC(=O)C(CBr)=C1C(=O)Oc1ccccc1. The number of para-hydroxylation sites is 1. The number of rotatable bonds is 5. The Morgan fingerprint density at radius 2 is 2.00 bits per heavy atom. The van der Waals surface area contributed by atoms with Crippen LogP contribution in [0.15, 0.2) is 41.5 Å². The Morgan fingerprint density at radius 1 is 1.33 bits per heavy atom. The maximum absolute atomic E-state index is 12.5. The minimum absolute atomic E-state index is 0.268. The van der Waals surface area contributed by atoms with E-state index in [2.05, 4.69) is 15.9 Å². The minimum Gasteiger partial charge on any atom is -0.451 e. The molecule has 0 radical (unpaired) electrons. The second-order valence-corrected chi connectivity index (χ2v) is 5.62. The number of benzene rings is 1. The molecule has 0 aliphatic carbocycles. The van der Waals surface area contributed by atoms with E-state index in [-0.39, 0.29) is 5.33 Å². The topological polar surface area (TPSA) is 52.6 Å². The summed E-state index contributed by atoms with van der Waals surface area (Å²) in [6.07, 6.45) is 1.37. The van der Waals surface area contributed by atoms with E-state index < -0.39 is 17.5 Å². The molecule has 1 aliphatic rings. The number of hydrogen-bond donors (Lipinski definition) is 0. The summed E-state index contributed by atoms with van der Waals surface area (Å²) in [5, 5.41) is 0.268. The molecule has 0 spiro atoms. The van der Waals surface area contributed by atoms with Gasteiger partial charge in [-0.25, -0.2) is 9.59 Å². The summed E-state index contributed by atoms with van der Waals surface area (Å²) in [5.74, 6) is -0.539. The van der Waals surface area contributed by atoms with Crippen molar-refractivity contribution in [1.29, 1.82) is 0 Å². The summed E-state index contributed by atoms with van der Waals surface area (Å²) in [6, 6.07) is 8.79. The molecule has 1 atom stereocenters. The third kappa shape index (κ3) is 3.18. The van der Waals surface area contributed by atoms with Gasteiger partial charge in [0, 0.05) is 5.33 Å². The van der Waals surface area contributed by atoms with E-state index in [1.165, 1.54) is 0 Å². The van der Waals surface area contributed by atoms with Crippen molar-refractivity contribution in [3.63, 3.8) is 0 Å². The molecule has 0 saturated heterocycles. The highest BCUT2D eigenvalue weighted by Gasteiger charge is 2.47. The largest absolute Gasteiger partial charge is 0.451 e. The van der Waals surface area contributed by atoms with Crippen LogP contribution in [0.2, 0.25) is 0 Å². The van der Waals surface area contributed by atoms with Gasteiger partial charge in [-0.05, 0) is 25.5 Å². The molecule has 2 rings (SSSR count). The highest BCUT2D eigenvalue weighted by molar-refractivity contribution is 9.09. The predicted molar refractivity (Wildman–Crippen MR) is 82.3 cm³/mol. The Labute approximate surface area is 132 Å². The first kappa shape index (κ1) is 15.8. The fourth-order valence-electron chi connectivity index (χ4n) is 2.50. The van der Waals surface area contributed by atoms with Gasteiger partial charge in [-0.3, -0.25) is 0 Å². The Hall–Kier alpha value is -1.62. The molecule has 1 unspecified atom stereocenters. The lowest BCUT2D eigenvalue weighted by Crippen LogP contribution is -2.33. The quantitative estimate of drug-likeness (QED) is 0.463. The zero-order valence-electron chi connectivity index (χ0n) is 12.0. The highest BCUT2D eigenvalue weighted by atomic mass is 79.9. The average Bonchev–Trinajstić information content (AvgIpc) is 2.70. The van der Waals surface area contributed by atoms with E-state index in [0.717, 1.165) is 6.42 Å². The number of carbonyl (C=O) groups is 2. The summed E-state index contributed by atoms with van der Waals surface area (Å²) in [7, 11) is 0. The fraction of sp³-hybridized carbons (Fsp3) is 0.375. The molecule has 0 aromatic heterocycles. The number of ether oxygens (including phenoxy) is 2. The van der Waals surface area contributed by atoms with E-state index in [9.17, 15) is 9.59 Å². The van der Waals surface area contributed by atoms with Crippen molar-refractivity contribution in [2.24, 2.45) is 0 Å². The molecule has 1 aromatic carbocycles. The van der Waals surface area contributed by atoms with Crippen molar-refractivity contribution in [2.45, 2.75) is 32.3 Å². The van der Waals surface area contributed by atoms with Crippen molar-refractivity contribution in [2.75, 3.05) is 5.33 Å². The number of alkyl halides is 1. The van der Waals surface area contributed by atoms with Gasteiger partial charge in [-0.2, -0.15) is 0 Å². The van der Waals surface area contributed by atoms with Gasteiger partial charge in [0.2, 0.25) is 0 Å². The Balaban J connectivity index is 2.34. The van der Waals surface area contributed by atoms with E-state index in [1.807, 2.05) is 13.0 Å². The van der Waals surface area contributed by atoms with Gasteiger partial charge in [0.05, 0.1) is 11.1 Å². The number of hydrogen-bond acceptors (Lipinski definition) is 4. The summed E-state index contributed by atoms with van der Waals surface area (Å²) in [5.41, 5.74) is -0.261. The first-order valence-electron chi connectivity index (χ1n) is 6.82. The molecule has 112 valence electrons. The summed E-state index contributed by atoms with van der Waals surface area (Å²) >= 11 is 3.25. The molecule has 0 saturated carbocycles. The van der Waals surface area contributed by atoms with Gasteiger partial charge in [0.25, 0.3) is 0 Å². The number of esters is 2. The van der Waals surface area contributed by atoms with Gasteiger partial charge < -0.3 is 9.47 Å².